The van der Waals surface area contributed by atoms with Gasteiger partial charge in [-0.3, -0.25) is 0 Å². The number of aliphatic hydroxyl groups excluding tert-OH is 6. The first-order valence-electron chi connectivity index (χ1n) is 4.09. The van der Waals surface area contributed by atoms with Crippen LogP contribution in [0.2, 0.25) is 0 Å². The maximum Gasteiger partial charge on any atom is 1.00 e. The molecular formula is C7H14Na2O9. The number of hydrogen-bond donors (Lipinski definition) is 6. The first-order chi connectivity index (χ1) is 7.27. The average Bonchev–Trinajstić information content (AvgIpc) is 2.24. The van der Waals surface area contributed by atoms with Gasteiger partial charge in [0.1, 0.15) is 24.4 Å². The fourth-order valence-electron chi connectivity index (χ4n) is 0.671. The van der Waals surface area contributed by atoms with E-state index in [0.717, 1.165) is 0 Å². The second kappa shape index (κ2) is 16.1. The van der Waals surface area contributed by atoms with Crippen LogP contribution in [0.1, 0.15) is 0 Å². The molecule has 98 valence electrons. The fraction of sp³-hybridized carbons (Fsp3) is 0.857. The van der Waals surface area contributed by atoms with Crippen LogP contribution in [0.5, 0.6) is 0 Å². The predicted molar refractivity (Wildman–Crippen MR) is 43.6 cm³/mol. The predicted octanol–water partition coefficient (Wildman–Crippen LogP) is -12.0. The molecular weight excluding hydrogens is 274 g/mol. The van der Waals surface area contributed by atoms with Gasteiger partial charge in [-0.2, -0.15) is 0 Å². The van der Waals surface area contributed by atoms with Crippen LogP contribution in [-0.4, -0.2) is 74.4 Å². The van der Waals surface area contributed by atoms with Crippen LogP contribution < -0.4 is 69.3 Å². The Morgan fingerprint density at radius 2 is 1.00 bits per heavy atom. The molecule has 0 aliphatic carbocycles. The number of rotatable bonds is 5. The first-order valence-corrected chi connectivity index (χ1v) is 4.09. The molecule has 0 aromatic heterocycles. The van der Waals surface area contributed by atoms with Gasteiger partial charge < -0.3 is 45.6 Å². The van der Waals surface area contributed by atoms with Crippen LogP contribution in [0, 0.1) is 0 Å². The third-order valence-corrected chi connectivity index (χ3v) is 1.51. The summed E-state index contributed by atoms with van der Waals surface area (Å²) in [6, 6.07) is 0. The standard InChI is InChI=1S/C6H14O6.CH2O3.2Na/c7-1-3(9)5(11)6(12)4(10)2-8;2-1(3)4;;/h3-12H,1-2H2;(H2,2,3,4);;/q;;2*+1/p-2. The molecule has 0 aliphatic heterocycles. The Bertz CT molecular complexity index is 176. The van der Waals surface area contributed by atoms with Crippen LogP contribution >= 0.6 is 0 Å². The molecule has 0 bridgehead atoms. The van der Waals surface area contributed by atoms with Crippen molar-refractivity contribution in [1.82, 2.24) is 0 Å². The Kier molecular flexibility index (Phi) is 24.5. The van der Waals surface area contributed by atoms with Crippen molar-refractivity contribution < 1.29 is 105 Å². The third kappa shape index (κ3) is 15.1. The quantitative estimate of drug-likeness (QED) is 0.267. The summed E-state index contributed by atoms with van der Waals surface area (Å²) in [7, 11) is 0. The molecule has 4 unspecified atom stereocenters. The summed E-state index contributed by atoms with van der Waals surface area (Å²) in [5, 5.41) is 68.8. The smallest absolute Gasteiger partial charge is 0.652 e. The van der Waals surface area contributed by atoms with Gasteiger partial charge in [0.05, 0.1) is 13.2 Å². The summed E-state index contributed by atoms with van der Waals surface area (Å²) in [6.07, 6.45) is -8.73. The Morgan fingerprint density at radius 1 is 0.833 bits per heavy atom. The van der Waals surface area contributed by atoms with Gasteiger partial charge in [-0.25, -0.2) is 0 Å². The molecule has 0 aromatic carbocycles. The monoisotopic (exact) mass is 288 g/mol. The van der Waals surface area contributed by atoms with Gasteiger partial charge in [0.25, 0.3) is 0 Å². The normalized spacial score (nSPS) is 15.7. The largest absolute Gasteiger partial charge is 1.00 e. The molecule has 0 heterocycles. The minimum Gasteiger partial charge on any atom is -0.652 e. The van der Waals surface area contributed by atoms with E-state index in [4.69, 9.17) is 45.6 Å². The summed E-state index contributed by atoms with van der Waals surface area (Å²) in [6.45, 7) is -1.45. The van der Waals surface area contributed by atoms with Crippen molar-refractivity contribution in [3.8, 4) is 0 Å². The van der Waals surface area contributed by atoms with E-state index in [0.29, 0.717) is 0 Å². The van der Waals surface area contributed by atoms with Crippen molar-refractivity contribution in [2.45, 2.75) is 24.4 Å². The number of carbonyl (C=O) groups excluding carboxylic acids is 1. The van der Waals surface area contributed by atoms with Crippen molar-refractivity contribution in [3.05, 3.63) is 0 Å². The van der Waals surface area contributed by atoms with E-state index in [2.05, 4.69) is 0 Å². The second-order valence-electron chi connectivity index (χ2n) is 2.73. The topological polar surface area (TPSA) is 185 Å². The van der Waals surface area contributed by atoms with E-state index in [1.54, 1.807) is 0 Å². The molecule has 6 N–H and O–H groups in total. The van der Waals surface area contributed by atoms with E-state index in [1.807, 2.05) is 0 Å². The molecule has 18 heavy (non-hydrogen) atoms. The second-order valence-corrected chi connectivity index (χ2v) is 2.73. The van der Waals surface area contributed by atoms with E-state index in [1.165, 1.54) is 0 Å². The van der Waals surface area contributed by atoms with Crippen LogP contribution in [0.25, 0.3) is 0 Å². The zero-order valence-electron chi connectivity index (χ0n) is 10.1. The van der Waals surface area contributed by atoms with Gasteiger partial charge in [-0.15, -0.1) is 0 Å². The van der Waals surface area contributed by atoms with Gasteiger partial charge in [0.15, 0.2) is 0 Å². The van der Waals surface area contributed by atoms with Crippen molar-refractivity contribution in [2.75, 3.05) is 13.2 Å². The van der Waals surface area contributed by atoms with Gasteiger partial charge in [-0.05, 0) is 6.16 Å². The maximum atomic E-state index is 8.96. The van der Waals surface area contributed by atoms with Crippen LogP contribution in [0.4, 0.5) is 4.79 Å². The zero-order chi connectivity index (χ0) is 13.3. The summed E-state index contributed by atoms with van der Waals surface area (Å²) in [4.78, 5) is 8.33. The first kappa shape index (κ1) is 27.4. The summed E-state index contributed by atoms with van der Waals surface area (Å²) >= 11 is 0. The van der Waals surface area contributed by atoms with E-state index >= 15 is 0 Å². The number of carbonyl (C=O) groups is 1. The molecule has 0 saturated heterocycles. The van der Waals surface area contributed by atoms with Gasteiger partial charge >= 0.3 is 59.1 Å². The van der Waals surface area contributed by atoms with Crippen molar-refractivity contribution in [1.29, 1.82) is 0 Å². The minimum absolute atomic E-state index is 0. The molecule has 0 fully saturated rings. The van der Waals surface area contributed by atoms with Crippen LogP contribution in [0.3, 0.4) is 0 Å². The molecule has 9 nitrogen and oxygen atoms in total. The van der Waals surface area contributed by atoms with E-state index < -0.39 is 43.8 Å². The Morgan fingerprint density at radius 3 is 1.11 bits per heavy atom. The van der Waals surface area contributed by atoms with Crippen molar-refractivity contribution in [3.63, 3.8) is 0 Å². The minimum atomic E-state index is -2.33. The Hall–Kier alpha value is 1.03. The molecule has 4 atom stereocenters. The molecule has 0 amide bonds. The number of carboxylic acid groups (broad SMARTS) is 2. The van der Waals surface area contributed by atoms with Crippen LogP contribution in [0.15, 0.2) is 0 Å². The van der Waals surface area contributed by atoms with Gasteiger partial charge in [-0.1, -0.05) is 0 Å². The molecule has 0 saturated carbocycles. The third-order valence-electron chi connectivity index (χ3n) is 1.51. The zero-order valence-corrected chi connectivity index (χ0v) is 14.1. The summed E-state index contributed by atoms with van der Waals surface area (Å²) in [5.74, 6) is 0. The molecule has 0 aliphatic rings. The number of hydrogen-bond acceptors (Lipinski definition) is 9. The Labute approximate surface area is 147 Å². The summed E-state index contributed by atoms with van der Waals surface area (Å²) < 4.78 is 0. The van der Waals surface area contributed by atoms with Crippen molar-refractivity contribution >= 4 is 6.16 Å². The average molecular weight is 288 g/mol. The maximum absolute atomic E-state index is 8.96. The molecule has 0 aromatic rings. The fourth-order valence-corrected chi connectivity index (χ4v) is 0.671. The summed E-state index contributed by atoms with van der Waals surface area (Å²) in [5.41, 5.74) is 0. The number of aliphatic hydroxyl groups is 6. The molecule has 0 spiro atoms. The molecule has 11 heteroatoms. The van der Waals surface area contributed by atoms with E-state index in [9.17, 15) is 0 Å². The van der Waals surface area contributed by atoms with Gasteiger partial charge in [0.2, 0.25) is 0 Å². The van der Waals surface area contributed by atoms with Crippen LogP contribution in [-0.2, 0) is 0 Å². The molecule has 0 radical (unpaired) electrons. The van der Waals surface area contributed by atoms with E-state index in [-0.39, 0.29) is 59.1 Å². The van der Waals surface area contributed by atoms with Gasteiger partial charge in [0, 0.05) is 0 Å². The molecule has 0 rings (SSSR count). The van der Waals surface area contributed by atoms with Crippen molar-refractivity contribution in [2.24, 2.45) is 0 Å². The SMILES string of the molecule is O=C([O-])[O-].OCC(O)C(O)C(O)C(O)CO.[Na+].[Na+]. The Balaban J connectivity index is -0.000000143.